The summed E-state index contributed by atoms with van der Waals surface area (Å²) in [6.07, 6.45) is 0. The van der Waals surface area contributed by atoms with Gasteiger partial charge in [0.1, 0.15) is 12.4 Å². The number of carboxylic acid groups (broad SMARTS) is 1. The molecule has 3 nitrogen and oxygen atoms in total. The zero-order valence-electron chi connectivity index (χ0n) is 13.7. The van der Waals surface area contributed by atoms with Gasteiger partial charge in [0, 0.05) is 0 Å². The fraction of sp³-hybridized carbons (Fsp3) is 0.588. The van der Waals surface area contributed by atoms with Gasteiger partial charge in [0.15, 0.2) is 5.38 Å². The van der Waals surface area contributed by atoms with E-state index in [9.17, 15) is 4.79 Å². The van der Waals surface area contributed by atoms with Crippen molar-refractivity contribution in [3.8, 4) is 5.75 Å². The van der Waals surface area contributed by atoms with Crippen molar-refractivity contribution in [1.29, 1.82) is 0 Å². The molecule has 0 radical (unpaired) electrons. The van der Waals surface area contributed by atoms with Crippen LogP contribution in [0.1, 0.15) is 52.7 Å². The van der Waals surface area contributed by atoms with Gasteiger partial charge in [-0.2, -0.15) is 0 Å². The van der Waals surface area contributed by atoms with Crippen LogP contribution in [0.4, 0.5) is 0 Å². The molecule has 1 aromatic rings. The van der Waals surface area contributed by atoms with Crippen molar-refractivity contribution in [2.24, 2.45) is 0 Å². The van der Waals surface area contributed by atoms with Gasteiger partial charge in [0.25, 0.3) is 0 Å². The first kappa shape index (κ1) is 17.8. The van der Waals surface area contributed by atoms with Crippen LogP contribution in [0.2, 0.25) is 0 Å². The molecule has 0 fully saturated rings. The molecule has 0 aliphatic heterocycles. The Morgan fingerprint density at radius 3 is 2.19 bits per heavy atom. The minimum absolute atomic E-state index is 0.0468. The molecule has 1 aromatic carbocycles. The summed E-state index contributed by atoms with van der Waals surface area (Å²) in [4.78, 5) is 10.8. The van der Waals surface area contributed by atoms with Gasteiger partial charge < -0.3 is 9.84 Å². The average molecular weight is 313 g/mol. The van der Waals surface area contributed by atoms with Crippen molar-refractivity contribution in [2.45, 2.75) is 57.7 Å². The molecule has 0 spiro atoms. The molecule has 0 aliphatic rings. The van der Waals surface area contributed by atoms with Gasteiger partial charge in [-0.1, -0.05) is 53.7 Å². The molecular weight excluding hydrogens is 288 g/mol. The number of carboxylic acids is 1. The molecule has 0 aromatic heterocycles. The molecule has 1 unspecified atom stereocenters. The highest BCUT2D eigenvalue weighted by atomic mass is 35.5. The average Bonchev–Trinajstić information content (AvgIpc) is 2.33. The van der Waals surface area contributed by atoms with Crippen LogP contribution in [0.5, 0.6) is 5.75 Å². The van der Waals surface area contributed by atoms with E-state index in [1.807, 2.05) is 12.1 Å². The topological polar surface area (TPSA) is 46.5 Å². The van der Waals surface area contributed by atoms with Crippen molar-refractivity contribution in [3.63, 3.8) is 0 Å². The van der Waals surface area contributed by atoms with Crippen LogP contribution in [-0.2, 0) is 15.6 Å². The number of hydrogen-bond donors (Lipinski definition) is 1. The van der Waals surface area contributed by atoms with Gasteiger partial charge in [0.05, 0.1) is 0 Å². The largest absolute Gasteiger partial charge is 0.491 e. The summed E-state index contributed by atoms with van der Waals surface area (Å²) in [7, 11) is 0. The standard InChI is InChI=1S/C17H25ClO3/c1-16(2,3)11-7-8-14(12(9-11)17(4,5)6)21-10-13(18)15(19)20/h7-9,13H,10H2,1-6H3,(H,19,20). The number of hydrogen-bond acceptors (Lipinski definition) is 2. The number of aliphatic carboxylic acids is 1. The molecule has 4 heteroatoms. The summed E-state index contributed by atoms with van der Waals surface area (Å²) in [5, 5.41) is 7.79. The molecule has 1 N–H and O–H groups in total. The van der Waals surface area contributed by atoms with Crippen molar-refractivity contribution in [3.05, 3.63) is 29.3 Å². The Hall–Kier alpha value is -1.22. The Bertz CT molecular complexity index is 510. The Labute approximate surface area is 132 Å². The molecule has 0 saturated heterocycles. The fourth-order valence-corrected chi connectivity index (χ4v) is 2.01. The van der Waals surface area contributed by atoms with Crippen molar-refractivity contribution >= 4 is 17.6 Å². The molecule has 0 saturated carbocycles. The van der Waals surface area contributed by atoms with Gasteiger partial charge in [0.2, 0.25) is 0 Å². The highest BCUT2D eigenvalue weighted by molar-refractivity contribution is 6.29. The van der Waals surface area contributed by atoms with Crippen molar-refractivity contribution < 1.29 is 14.6 Å². The van der Waals surface area contributed by atoms with E-state index in [2.05, 4.69) is 47.6 Å². The maximum Gasteiger partial charge on any atom is 0.325 e. The van der Waals surface area contributed by atoms with Crippen LogP contribution in [0.25, 0.3) is 0 Å². The fourth-order valence-electron chi connectivity index (χ4n) is 1.94. The highest BCUT2D eigenvalue weighted by Gasteiger charge is 2.24. The van der Waals surface area contributed by atoms with Gasteiger partial charge in [-0.05, 0) is 28.0 Å². The van der Waals surface area contributed by atoms with E-state index in [1.165, 1.54) is 5.56 Å². The molecule has 1 atom stereocenters. The normalized spacial score (nSPS) is 13.9. The summed E-state index contributed by atoms with van der Waals surface area (Å²) >= 11 is 5.71. The summed E-state index contributed by atoms with van der Waals surface area (Å²) in [6.45, 7) is 12.8. The monoisotopic (exact) mass is 312 g/mol. The third kappa shape index (κ3) is 4.92. The predicted octanol–water partition coefficient (Wildman–Crippen LogP) is 4.35. The van der Waals surface area contributed by atoms with Gasteiger partial charge in [-0.25, -0.2) is 0 Å². The number of halogens is 1. The number of rotatable bonds is 4. The highest BCUT2D eigenvalue weighted by Crippen LogP contribution is 2.35. The summed E-state index contributed by atoms with van der Waals surface area (Å²) in [6, 6.07) is 6.07. The lowest BCUT2D eigenvalue weighted by Crippen LogP contribution is -2.23. The first-order chi connectivity index (χ1) is 9.43. The predicted molar refractivity (Wildman–Crippen MR) is 86.6 cm³/mol. The van der Waals surface area contributed by atoms with E-state index in [1.54, 1.807) is 0 Å². The quantitative estimate of drug-likeness (QED) is 0.841. The zero-order valence-corrected chi connectivity index (χ0v) is 14.4. The first-order valence-corrected chi connectivity index (χ1v) is 7.51. The second-order valence-corrected chi connectivity index (χ2v) is 7.85. The number of carbonyl (C=O) groups is 1. The Balaban J connectivity index is 3.12. The lowest BCUT2D eigenvalue weighted by molar-refractivity contribution is -0.137. The third-order valence-corrected chi connectivity index (χ3v) is 3.62. The second kappa shape index (κ2) is 6.27. The summed E-state index contributed by atoms with van der Waals surface area (Å²) in [5.41, 5.74) is 2.24. The first-order valence-electron chi connectivity index (χ1n) is 7.07. The number of ether oxygens (including phenoxy) is 1. The van der Waals surface area contributed by atoms with Crippen LogP contribution in [0.3, 0.4) is 0 Å². The van der Waals surface area contributed by atoms with Gasteiger partial charge in [-0.15, -0.1) is 11.6 Å². The van der Waals surface area contributed by atoms with Crippen LogP contribution in [0, 0.1) is 0 Å². The number of alkyl halides is 1. The van der Waals surface area contributed by atoms with E-state index in [4.69, 9.17) is 21.4 Å². The molecule has 21 heavy (non-hydrogen) atoms. The van der Waals surface area contributed by atoms with E-state index in [0.29, 0.717) is 5.75 Å². The molecule has 0 amide bonds. The molecule has 1 rings (SSSR count). The Morgan fingerprint density at radius 2 is 1.76 bits per heavy atom. The van der Waals surface area contributed by atoms with Crippen molar-refractivity contribution in [1.82, 2.24) is 0 Å². The minimum Gasteiger partial charge on any atom is -0.491 e. The maximum atomic E-state index is 10.8. The van der Waals surface area contributed by atoms with Gasteiger partial charge in [-0.3, -0.25) is 4.79 Å². The Morgan fingerprint density at radius 1 is 1.19 bits per heavy atom. The van der Waals surface area contributed by atoms with Crippen LogP contribution in [-0.4, -0.2) is 23.1 Å². The summed E-state index contributed by atoms with van der Waals surface area (Å²) < 4.78 is 5.64. The molecular formula is C17H25ClO3. The van der Waals surface area contributed by atoms with E-state index in [0.717, 1.165) is 5.56 Å². The SMILES string of the molecule is CC(C)(C)c1ccc(OCC(Cl)C(=O)O)c(C(C)(C)C)c1. The summed E-state index contributed by atoms with van der Waals surface area (Å²) in [5.74, 6) is -0.373. The van der Waals surface area contributed by atoms with E-state index >= 15 is 0 Å². The van der Waals surface area contributed by atoms with Crippen LogP contribution in [0.15, 0.2) is 18.2 Å². The minimum atomic E-state index is -1.07. The molecule has 0 aliphatic carbocycles. The maximum absolute atomic E-state index is 10.8. The molecule has 0 bridgehead atoms. The smallest absolute Gasteiger partial charge is 0.325 e. The van der Waals surface area contributed by atoms with Gasteiger partial charge >= 0.3 is 5.97 Å². The van der Waals surface area contributed by atoms with Crippen LogP contribution < -0.4 is 4.74 Å². The molecule has 118 valence electrons. The van der Waals surface area contributed by atoms with Crippen molar-refractivity contribution in [2.75, 3.05) is 6.61 Å². The third-order valence-electron chi connectivity index (χ3n) is 3.31. The van der Waals surface area contributed by atoms with E-state index in [-0.39, 0.29) is 17.4 Å². The van der Waals surface area contributed by atoms with Crippen LogP contribution >= 0.6 is 11.6 Å². The van der Waals surface area contributed by atoms with E-state index < -0.39 is 11.3 Å². The second-order valence-electron chi connectivity index (χ2n) is 7.33. The molecule has 0 heterocycles. The number of benzene rings is 1. The lowest BCUT2D eigenvalue weighted by Gasteiger charge is -2.27. The lowest BCUT2D eigenvalue weighted by atomic mass is 9.80. The Kier molecular flexibility index (Phi) is 5.32. The zero-order chi connectivity index (χ0) is 16.4.